The number of hydrogen-bond acceptors (Lipinski definition) is 2. The van der Waals surface area contributed by atoms with Crippen LogP contribution in [-0.4, -0.2) is 35.0 Å². The fourth-order valence-electron chi connectivity index (χ4n) is 3.31. The first-order valence-corrected chi connectivity index (χ1v) is 10.1. The maximum atomic E-state index is 12.6. The van der Waals surface area contributed by atoms with Crippen LogP contribution in [0.3, 0.4) is 0 Å². The number of rotatable bonds is 2. The normalized spacial score (nSPS) is 13.5. The van der Waals surface area contributed by atoms with Gasteiger partial charge in [0.15, 0.2) is 0 Å². The molecule has 0 atom stereocenters. The predicted molar refractivity (Wildman–Crippen MR) is 115 cm³/mol. The molecule has 1 N–H and O–H groups in total. The molecule has 5 heteroatoms. The van der Waals surface area contributed by atoms with E-state index in [9.17, 15) is 9.59 Å². The third kappa shape index (κ3) is 4.78. The second-order valence-electron chi connectivity index (χ2n) is 6.66. The molecule has 1 saturated heterocycles. The number of amides is 1. The van der Waals surface area contributed by atoms with Gasteiger partial charge in [-0.15, -0.1) is 0 Å². The highest BCUT2D eigenvalue weighted by Gasteiger charge is 2.19. The average molecular weight is 440 g/mol. The molecule has 3 aromatic rings. The van der Waals surface area contributed by atoms with Crippen molar-refractivity contribution in [1.82, 2.24) is 4.90 Å². The average Bonchev–Trinajstić information content (AvgIpc) is 2.75. The summed E-state index contributed by atoms with van der Waals surface area (Å²) in [6.45, 7) is 1.78. The van der Waals surface area contributed by atoms with Crippen molar-refractivity contribution in [3.05, 3.63) is 82.3 Å². The van der Waals surface area contributed by atoms with Crippen LogP contribution >= 0.6 is 15.9 Å². The van der Waals surface area contributed by atoms with Gasteiger partial charge in [0.2, 0.25) is 0 Å². The van der Waals surface area contributed by atoms with Crippen molar-refractivity contribution in [2.24, 2.45) is 0 Å². The third-order valence-electron chi connectivity index (χ3n) is 4.76. The second kappa shape index (κ2) is 9.51. The Morgan fingerprint density at radius 1 is 0.786 bits per heavy atom. The first-order valence-electron chi connectivity index (χ1n) is 9.33. The summed E-state index contributed by atoms with van der Waals surface area (Å²) in [5.41, 5.74) is 1.15. The minimum Gasteiger partial charge on any atom is -0.478 e. The maximum Gasteiger partial charge on any atom is 0.335 e. The van der Waals surface area contributed by atoms with Gasteiger partial charge in [0.1, 0.15) is 0 Å². The molecule has 0 unspecified atom stereocenters. The quantitative estimate of drug-likeness (QED) is 0.563. The zero-order valence-electron chi connectivity index (χ0n) is 15.5. The van der Waals surface area contributed by atoms with E-state index < -0.39 is 5.97 Å². The van der Waals surface area contributed by atoms with Crippen molar-refractivity contribution in [3.63, 3.8) is 0 Å². The van der Waals surface area contributed by atoms with E-state index in [2.05, 4.69) is 15.9 Å². The smallest absolute Gasteiger partial charge is 0.335 e. The van der Waals surface area contributed by atoms with Crippen molar-refractivity contribution >= 4 is 38.6 Å². The van der Waals surface area contributed by atoms with Crippen LogP contribution < -0.4 is 0 Å². The van der Waals surface area contributed by atoms with Crippen molar-refractivity contribution in [1.29, 1.82) is 0 Å². The summed E-state index contributed by atoms with van der Waals surface area (Å²) in [5.74, 6) is -0.709. The summed E-state index contributed by atoms with van der Waals surface area (Å²) in [6.07, 6.45) is 3.49. The van der Waals surface area contributed by atoms with Crippen molar-refractivity contribution < 1.29 is 14.7 Å². The van der Waals surface area contributed by atoms with Gasteiger partial charge in [0.05, 0.1) is 5.56 Å². The van der Waals surface area contributed by atoms with E-state index in [-0.39, 0.29) is 5.91 Å². The molecule has 1 fully saturated rings. The van der Waals surface area contributed by atoms with E-state index >= 15 is 0 Å². The van der Waals surface area contributed by atoms with Crippen LogP contribution in [0.15, 0.2) is 71.2 Å². The van der Waals surface area contributed by atoms with Gasteiger partial charge >= 0.3 is 5.97 Å². The number of benzene rings is 3. The van der Waals surface area contributed by atoms with Gasteiger partial charge in [-0.05, 0) is 54.3 Å². The fraction of sp³-hybridized carbons (Fsp3) is 0.217. The third-order valence-corrected chi connectivity index (χ3v) is 5.45. The molecule has 1 aliphatic heterocycles. The van der Waals surface area contributed by atoms with Crippen LogP contribution in [0.1, 0.15) is 40.0 Å². The molecule has 4 nitrogen and oxygen atoms in total. The van der Waals surface area contributed by atoms with E-state index in [4.69, 9.17) is 5.11 Å². The number of carboxylic acids is 1. The zero-order chi connectivity index (χ0) is 19.9. The van der Waals surface area contributed by atoms with Gasteiger partial charge in [-0.1, -0.05) is 58.4 Å². The number of nitrogens with zero attached hydrogens (tertiary/aromatic N) is 1. The Kier molecular flexibility index (Phi) is 6.82. The highest BCUT2D eigenvalue weighted by Crippen LogP contribution is 2.27. The summed E-state index contributed by atoms with van der Waals surface area (Å²) in [4.78, 5) is 24.8. The van der Waals surface area contributed by atoms with E-state index in [0.717, 1.165) is 46.7 Å². The molecule has 4 rings (SSSR count). The molecule has 0 bridgehead atoms. The molecular formula is C23H22BrNO3. The lowest BCUT2D eigenvalue weighted by Gasteiger charge is -2.27. The first-order chi connectivity index (χ1) is 13.6. The molecule has 0 saturated carbocycles. The lowest BCUT2D eigenvalue weighted by Crippen LogP contribution is -2.35. The Bertz CT molecular complexity index is 966. The van der Waals surface area contributed by atoms with Crippen LogP contribution in [0.4, 0.5) is 0 Å². The SMILES string of the molecule is O=C(O)c1ccccc1.O=C(c1cccc2c(Br)cccc12)N1CCCCC1. The molecule has 1 aliphatic rings. The lowest BCUT2D eigenvalue weighted by atomic mass is 10.0. The summed E-state index contributed by atoms with van der Waals surface area (Å²) in [6, 6.07) is 20.3. The molecule has 0 spiro atoms. The Morgan fingerprint density at radius 3 is 2.07 bits per heavy atom. The number of carbonyl (C=O) groups excluding carboxylic acids is 1. The van der Waals surface area contributed by atoms with Gasteiger partial charge in [-0.2, -0.15) is 0 Å². The lowest BCUT2D eigenvalue weighted by molar-refractivity contribution is 0.0694. The summed E-state index contributed by atoms with van der Waals surface area (Å²) < 4.78 is 1.04. The van der Waals surface area contributed by atoms with Gasteiger partial charge in [0, 0.05) is 23.1 Å². The van der Waals surface area contributed by atoms with Crippen molar-refractivity contribution in [2.45, 2.75) is 19.3 Å². The molecule has 0 aromatic heterocycles. The Hall–Kier alpha value is -2.66. The Balaban J connectivity index is 0.000000211. The van der Waals surface area contributed by atoms with E-state index in [1.807, 2.05) is 41.3 Å². The van der Waals surface area contributed by atoms with Crippen molar-refractivity contribution in [2.75, 3.05) is 13.1 Å². The van der Waals surface area contributed by atoms with Crippen molar-refractivity contribution in [3.8, 4) is 0 Å². The zero-order valence-corrected chi connectivity index (χ0v) is 17.1. The monoisotopic (exact) mass is 439 g/mol. The number of aromatic carboxylic acids is 1. The van der Waals surface area contributed by atoms with Crippen LogP contribution in [0, 0.1) is 0 Å². The maximum absolute atomic E-state index is 12.6. The molecule has 1 amide bonds. The van der Waals surface area contributed by atoms with Crippen LogP contribution in [-0.2, 0) is 0 Å². The van der Waals surface area contributed by atoms with Gasteiger partial charge in [-0.3, -0.25) is 4.79 Å². The standard InChI is InChI=1S/C16H16BrNO.C7H6O2/c17-15-9-5-6-12-13(15)7-4-8-14(12)16(19)18-10-2-1-3-11-18;8-7(9)6-4-2-1-3-5-6/h4-9H,1-3,10-11H2;1-5H,(H,8,9). The molecule has 28 heavy (non-hydrogen) atoms. The number of hydrogen-bond donors (Lipinski definition) is 1. The minimum absolute atomic E-state index is 0.170. The number of likely N-dealkylation sites (tertiary alicyclic amines) is 1. The van der Waals surface area contributed by atoms with E-state index in [0.29, 0.717) is 5.56 Å². The summed E-state index contributed by atoms with van der Waals surface area (Å²) >= 11 is 3.55. The molecular weight excluding hydrogens is 418 g/mol. The number of carboxylic acid groups (broad SMARTS) is 1. The highest BCUT2D eigenvalue weighted by molar-refractivity contribution is 9.10. The number of carbonyl (C=O) groups is 2. The second-order valence-corrected chi connectivity index (χ2v) is 7.52. The Morgan fingerprint density at radius 2 is 1.43 bits per heavy atom. The molecule has 144 valence electrons. The fourth-order valence-corrected chi connectivity index (χ4v) is 3.80. The first kappa shape index (κ1) is 20.1. The molecule has 0 aliphatic carbocycles. The van der Waals surface area contributed by atoms with E-state index in [1.165, 1.54) is 6.42 Å². The van der Waals surface area contributed by atoms with Gasteiger partial charge in [0.25, 0.3) is 5.91 Å². The molecule has 3 aromatic carbocycles. The summed E-state index contributed by atoms with van der Waals surface area (Å²) in [7, 11) is 0. The summed E-state index contributed by atoms with van der Waals surface area (Å²) in [5, 5.41) is 10.5. The van der Waals surface area contributed by atoms with Crippen LogP contribution in [0.25, 0.3) is 10.8 Å². The minimum atomic E-state index is -0.879. The molecule has 1 heterocycles. The van der Waals surface area contributed by atoms with Crippen LogP contribution in [0.5, 0.6) is 0 Å². The molecule has 0 radical (unpaired) electrons. The number of halogens is 1. The largest absolute Gasteiger partial charge is 0.478 e. The number of piperidine rings is 1. The van der Waals surface area contributed by atoms with E-state index in [1.54, 1.807) is 30.3 Å². The highest BCUT2D eigenvalue weighted by atomic mass is 79.9. The van der Waals surface area contributed by atoms with Crippen LogP contribution in [0.2, 0.25) is 0 Å². The topological polar surface area (TPSA) is 57.6 Å². The van der Waals surface area contributed by atoms with Gasteiger partial charge < -0.3 is 10.0 Å². The Labute approximate surface area is 172 Å². The number of fused-ring (bicyclic) bond motifs is 1. The van der Waals surface area contributed by atoms with Gasteiger partial charge in [-0.25, -0.2) is 4.79 Å². The predicted octanol–water partition coefficient (Wildman–Crippen LogP) is 5.61.